The van der Waals surface area contributed by atoms with E-state index in [2.05, 4.69) is 20.5 Å². The minimum absolute atomic E-state index is 0.0468. The summed E-state index contributed by atoms with van der Waals surface area (Å²) in [5.74, 6) is 0.595. The van der Waals surface area contributed by atoms with Crippen LogP contribution in [0.25, 0.3) is 10.9 Å². The molecule has 0 aliphatic carbocycles. The van der Waals surface area contributed by atoms with Gasteiger partial charge in [-0.2, -0.15) is 0 Å². The Morgan fingerprint density at radius 3 is 2.50 bits per heavy atom. The molecule has 1 amide bonds. The number of nitrogens with zero attached hydrogens (tertiary/aromatic N) is 1. The number of piperidine rings is 3. The van der Waals surface area contributed by atoms with Crippen LogP contribution in [0.5, 0.6) is 11.5 Å². The topological polar surface area (TPSA) is 162 Å². The van der Waals surface area contributed by atoms with Crippen LogP contribution in [-0.4, -0.2) is 84.2 Å². The van der Waals surface area contributed by atoms with Crippen molar-refractivity contribution in [2.45, 2.75) is 64.2 Å². The number of benzene rings is 3. The molecule has 0 radical (unpaired) electrons. The highest BCUT2D eigenvalue weighted by atomic mass is 16.6. The van der Waals surface area contributed by atoms with Crippen LogP contribution in [0.2, 0.25) is 0 Å². The van der Waals surface area contributed by atoms with Gasteiger partial charge in [-0.15, -0.1) is 0 Å². The van der Waals surface area contributed by atoms with Crippen LogP contribution in [0.15, 0.2) is 83.7 Å². The largest absolute Gasteiger partial charge is 0.506 e. The number of carbonyl (C=O) groups is 2. The number of hydrogen-bond donors (Lipinski definition) is 5. The van der Waals surface area contributed by atoms with Gasteiger partial charge in [0, 0.05) is 24.5 Å². The van der Waals surface area contributed by atoms with Gasteiger partial charge in [-0.25, -0.2) is 4.79 Å². The van der Waals surface area contributed by atoms with Gasteiger partial charge in [0.25, 0.3) is 0 Å². The molecule has 2 bridgehead atoms. The standard InChI is InChI=1S/C42H52N4O8/c1-42(2,40(50)52-23-8-4-7-20-43-25-35(48)32-14-16-34(47)39-33(32)15-17-37(49)44-39)27-53-31-13-9-12-30(24-31)38(29-10-5-3-6-11-29)45-41(51)54-36-26-46-21-18-28(36)19-22-46/h3,5-6,9-17,24,28,35-36,38,43,47-48H,4,7-8,18-23,25-27H2,1-2H3,(H,44,49)(H,45,51)/t35-,36+,38?/m1/s1. The maximum Gasteiger partial charge on any atom is 0.408 e. The summed E-state index contributed by atoms with van der Waals surface area (Å²) in [4.78, 5) is 42.8. The number of aromatic nitrogens is 1. The molecule has 3 aromatic carbocycles. The number of phenols is 1. The normalized spacial score (nSPS) is 19.2. The van der Waals surface area contributed by atoms with Crippen molar-refractivity contribution in [3.63, 3.8) is 0 Å². The van der Waals surface area contributed by atoms with Crippen LogP contribution in [0.4, 0.5) is 4.79 Å². The summed E-state index contributed by atoms with van der Waals surface area (Å²) >= 11 is 0. The van der Waals surface area contributed by atoms with Gasteiger partial charge in [0.15, 0.2) is 0 Å². The number of amides is 1. The lowest BCUT2D eigenvalue weighted by molar-refractivity contribution is -0.155. The Morgan fingerprint density at radius 1 is 0.963 bits per heavy atom. The third-order valence-corrected chi connectivity index (χ3v) is 10.4. The number of pyridine rings is 1. The van der Waals surface area contributed by atoms with E-state index in [1.165, 1.54) is 12.1 Å². The fourth-order valence-electron chi connectivity index (χ4n) is 7.23. The first kappa shape index (κ1) is 38.8. The van der Waals surface area contributed by atoms with E-state index >= 15 is 0 Å². The summed E-state index contributed by atoms with van der Waals surface area (Å²) in [5, 5.41) is 27.7. The number of alkyl carbamates (subject to hydrolysis) is 1. The number of aromatic hydroxyl groups is 1. The van der Waals surface area contributed by atoms with Crippen molar-refractivity contribution in [1.29, 1.82) is 0 Å². The number of nitrogens with one attached hydrogen (secondary N) is 3. The van der Waals surface area contributed by atoms with Gasteiger partial charge in [-0.1, -0.05) is 48.5 Å². The van der Waals surface area contributed by atoms with Crippen molar-refractivity contribution in [3.05, 3.63) is 106 Å². The number of esters is 1. The zero-order valence-corrected chi connectivity index (χ0v) is 31.1. The van der Waals surface area contributed by atoms with Crippen LogP contribution in [0, 0.1) is 11.3 Å². The van der Waals surface area contributed by atoms with Crippen molar-refractivity contribution in [2.24, 2.45) is 11.3 Å². The van der Waals surface area contributed by atoms with Gasteiger partial charge in [0.2, 0.25) is 5.56 Å². The van der Waals surface area contributed by atoms with Crippen molar-refractivity contribution >= 4 is 23.0 Å². The van der Waals surface area contributed by atoms with Gasteiger partial charge in [-0.3, -0.25) is 14.5 Å². The minimum Gasteiger partial charge on any atom is -0.506 e. The number of fused-ring (bicyclic) bond motifs is 4. The summed E-state index contributed by atoms with van der Waals surface area (Å²) in [5.41, 5.74) is 1.45. The minimum atomic E-state index is -0.893. The predicted molar refractivity (Wildman–Crippen MR) is 205 cm³/mol. The number of H-pyrrole nitrogens is 1. The van der Waals surface area contributed by atoms with E-state index < -0.39 is 23.7 Å². The lowest BCUT2D eigenvalue weighted by atomic mass is 9.86. The average molecular weight is 741 g/mol. The molecule has 3 aliphatic rings. The van der Waals surface area contributed by atoms with Crippen molar-refractivity contribution in [2.75, 3.05) is 45.9 Å². The van der Waals surface area contributed by atoms with Crippen LogP contribution in [-0.2, 0) is 14.3 Å². The molecule has 0 saturated carbocycles. The molecule has 288 valence electrons. The lowest BCUT2D eigenvalue weighted by Crippen LogP contribution is -2.52. The number of hydrogen-bond acceptors (Lipinski definition) is 10. The molecule has 4 aromatic rings. The average Bonchev–Trinajstić information content (AvgIpc) is 3.18. The molecule has 4 heterocycles. The van der Waals surface area contributed by atoms with E-state index in [9.17, 15) is 24.6 Å². The maximum absolute atomic E-state index is 13.2. The zero-order chi connectivity index (χ0) is 38.1. The Morgan fingerprint density at radius 2 is 1.74 bits per heavy atom. The first-order chi connectivity index (χ1) is 26.1. The molecule has 12 heteroatoms. The molecule has 3 saturated heterocycles. The van der Waals surface area contributed by atoms with Crippen LogP contribution < -0.4 is 20.9 Å². The summed E-state index contributed by atoms with van der Waals surface area (Å²) in [7, 11) is 0. The van der Waals surface area contributed by atoms with Crippen molar-refractivity contribution in [1.82, 2.24) is 20.5 Å². The second-order valence-corrected chi connectivity index (χ2v) is 15.0. The molecule has 1 unspecified atom stereocenters. The fraction of sp³-hybridized carbons (Fsp3) is 0.452. The van der Waals surface area contributed by atoms with Gasteiger partial charge in [0.1, 0.15) is 24.2 Å². The Labute approximate surface area is 315 Å². The Kier molecular flexibility index (Phi) is 12.9. The Bertz CT molecular complexity index is 1920. The van der Waals surface area contributed by atoms with Gasteiger partial charge < -0.3 is 40.0 Å². The van der Waals surface area contributed by atoms with Crippen molar-refractivity contribution in [3.8, 4) is 11.5 Å². The molecule has 0 spiro atoms. The quantitative estimate of drug-likeness (QED) is 0.0682. The number of ether oxygens (including phenoxy) is 3. The third-order valence-electron chi connectivity index (χ3n) is 10.4. The first-order valence-electron chi connectivity index (χ1n) is 19.0. The Hall–Kier alpha value is -4.91. The Balaban J connectivity index is 0.924. The second-order valence-electron chi connectivity index (χ2n) is 15.0. The number of phenolic OH excluding ortho intramolecular Hbond substituents is 1. The van der Waals surface area contributed by atoms with E-state index in [1.807, 2.05) is 54.6 Å². The number of aliphatic hydroxyl groups is 1. The third kappa shape index (κ3) is 9.99. The summed E-state index contributed by atoms with van der Waals surface area (Å²) < 4.78 is 17.7. The van der Waals surface area contributed by atoms with Gasteiger partial charge in [-0.05, 0) is 112 Å². The summed E-state index contributed by atoms with van der Waals surface area (Å²) in [6.07, 6.45) is 3.11. The summed E-state index contributed by atoms with van der Waals surface area (Å²) in [6, 6.07) is 22.9. The molecule has 7 rings (SSSR count). The molecule has 12 nitrogen and oxygen atoms in total. The highest BCUT2D eigenvalue weighted by Gasteiger charge is 2.37. The highest BCUT2D eigenvalue weighted by molar-refractivity contribution is 5.87. The van der Waals surface area contributed by atoms with E-state index in [0.717, 1.165) is 56.4 Å². The molecule has 1 aromatic heterocycles. The van der Waals surface area contributed by atoms with E-state index in [-0.39, 0.29) is 36.6 Å². The lowest BCUT2D eigenvalue weighted by Gasteiger charge is -2.43. The monoisotopic (exact) mass is 740 g/mol. The summed E-state index contributed by atoms with van der Waals surface area (Å²) in [6.45, 7) is 7.89. The molecule has 3 atom stereocenters. The van der Waals surface area contributed by atoms with Crippen LogP contribution in [0.1, 0.15) is 74.8 Å². The zero-order valence-electron chi connectivity index (χ0n) is 31.1. The molecule has 3 aliphatic heterocycles. The van der Waals surface area contributed by atoms with Gasteiger partial charge >= 0.3 is 12.1 Å². The number of aliphatic hydroxyl groups excluding tert-OH is 1. The van der Waals surface area contributed by atoms with Crippen LogP contribution >= 0.6 is 0 Å². The number of aromatic amines is 1. The van der Waals surface area contributed by atoms with E-state index in [0.29, 0.717) is 47.6 Å². The van der Waals surface area contributed by atoms with Gasteiger partial charge in [0.05, 0.1) is 29.7 Å². The molecule has 3 fully saturated rings. The molecule has 54 heavy (non-hydrogen) atoms. The SMILES string of the molecule is CC(C)(COc1cccc(C(NC(=O)O[C@H]2CN3CCC2CC3)c2ccccc2)c1)C(=O)OCCCCCNC[C@@H](O)c1ccc(O)c2[nH]c(=O)ccc12. The van der Waals surface area contributed by atoms with Crippen molar-refractivity contribution < 1.29 is 34.0 Å². The van der Waals surface area contributed by atoms with Crippen LogP contribution in [0.3, 0.4) is 0 Å². The second kappa shape index (κ2) is 17.9. The number of carbonyl (C=O) groups excluding carboxylic acids is 2. The maximum atomic E-state index is 13.2. The molecular weight excluding hydrogens is 688 g/mol. The fourth-order valence-corrected chi connectivity index (χ4v) is 7.23. The first-order valence-corrected chi connectivity index (χ1v) is 19.0. The molecular formula is C42H52N4O8. The smallest absolute Gasteiger partial charge is 0.408 e. The number of unbranched alkanes of at least 4 members (excludes halogenated alkanes) is 2. The predicted octanol–water partition coefficient (Wildman–Crippen LogP) is 5.59. The number of rotatable bonds is 17. The van der Waals surface area contributed by atoms with E-state index in [4.69, 9.17) is 14.2 Å². The molecule has 5 N–H and O–H groups in total. The van der Waals surface area contributed by atoms with E-state index in [1.54, 1.807) is 26.0 Å². The highest BCUT2D eigenvalue weighted by Crippen LogP contribution is 2.32.